The van der Waals surface area contributed by atoms with Crippen LogP contribution < -0.4 is 16.0 Å². The smallest absolute Gasteiger partial charge is 0.407 e. The van der Waals surface area contributed by atoms with Crippen LogP contribution in [0.15, 0.2) is 0 Å². The largest absolute Gasteiger partial charge is 0.444 e. The molecule has 0 bridgehead atoms. The maximum atomic E-state index is 11.7. The Balaban J connectivity index is 2.18. The highest BCUT2D eigenvalue weighted by molar-refractivity contribution is 5.75. The van der Waals surface area contributed by atoms with Crippen LogP contribution in [0.2, 0.25) is 0 Å². The van der Waals surface area contributed by atoms with E-state index in [4.69, 9.17) is 4.74 Å². The number of alkyl carbamates (subject to hydrolysis) is 1. The van der Waals surface area contributed by atoms with Gasteiger partial charge in [-0.1, -0.05) is 0 Å². The molecule has 6 heteroatoms. The van der Waals surface area contributed by atoms with Crippen molar-refractivity contribution < 1.29 is 14.3 Å². The molecule has 0 heterocycles. The number of rotatable bonds is 6. The summed E-state index contributed by atoms with van der Waals surface area (Å²) in [7, 11) is 0. The number of amides is 2. The fourth-order valence-corrected chi connectivity index (χ4v) is 2.45. The van der Waals surface area contributed by atoms with Crippen LogP contribution in [0.4, 0.5) is 4.79 Å². The third kappa shape index (κ3) is 7.90. The van der Waals surface area contributed by atoms with Gasteiger partial charge >= 0.3 is 6.09 Å². The molecule has 0 aliphatic heterocycles. The van der Waals surface area contributed by atoms with Crippen molar-refractivity contribution in [1.29, 1.82) is 0 Å². The first-order chi connectivity index (χ1) is 9.80. The van der Waals surface area contributed by atoms with Crippen molar-refractivity contribution in [1.82, 2.24) is 16.0 Å². The predicted octanol–water partition coefficient (Wildman–Crippen LogP) is 1.55. The number of nitrogens with one attached hydrogen (secondary N) is 3. The van der Waals surface area contributed by atoms with Gasteiger partial charge in [0.2, 0.25) is 5.91 Å². The molecule has 122 valence electrons. The standard InChI is InChI=1S/C15H29N3O3/c1-5-16-13(19)8-9-17-11-6-7-12(10-11)18-14(20)21-15(2,3)4/h11-12,17H,5-10H2,1-4H3,(H,16,19)(H,18,20). The number of carbonyl (C=O) groups is 2. The molecule has 0 aromatic heterocycles. The van der Waals surface area contributed by atoms with Gasteiger partial charge in [-0.05, 0) is 47.0 Å². The van der Waals surface area contributed by atoms with E-state index in [1.54, 1.807) is 0 Å². The molecule has 1 aliphatic carbocycles. The second-order valence-corrected chi connectivity index (χ2v) is 6.51. The van der Waals surface area contributed by atoms with Gasteiger partial charge in [-0.3, -0.25) is 4.79 Å². The highest BCUT2D eigenvalue weighted by atomic mass is 16.6. The molecule has 0 radical (unpaired) electrons. The minimum absolute atomic E-state index is 0.0754. The molecule has 6 nitrogen and oxygen atoms in total. The van der Waals surface area contributed by atoms with Gasteiger partial charge in [-0.25, -0.2) is 4.79 Å². The number of hydrogen-bond acceptors (Lipinski definition) is 4. The van der Waals surface area contributed by atoms with Crippen molar-refractivity contribution in [3.05, 3.63) is 0 Å². The van der Waals surface area contributed by atoms with E-state index in [9.17, 15) is 9.59 Å². The summed E-state index contributed by atoms with van der Waals surface area (Å²) in [4.78, 5) is 23.0. The Morgan fingerprint density at radius 3 is 2.48 bits per heavy atom. The molecule has 1 rings (SSSR count). The highest BCUT2D eigenvalue weighted by Crippen LogP contribution is 2.19. The lowest BCUT2D eigenvalue weighted by Gasteiger charge is -2.21. The number of carbonyl (C=O) groups excluding carboxylic acids is 2. The average Bonchev–Trinajstić information content (AvgIpc) is 2.74. The maximum absolute atomic E-state index is 11.7. The van der Waals surface area contributed by atoms with Gasteiger partial charge in [0.05, 0.1) is 0 Å². The van der Waals surface area contributed by atoms with Crippen LogP contribution in [0.5, 0.6) is 0 Å². The second kappa shape index (κ2) is 8.22. The fraction of sp³-hybridized carbons (Fsp3) is 0.867. The van der Waals surface area contributed by atoms with Gasteiger partial charge < -0.3 is 20.7 Å². The minimum Gasteiger partial charge on any atom is -0.444 e. The van der Waals surface area contributed by atoms with E-state index in [2.05, 4.69) is 16.0 Å². The van der Waals surface area contributed by atoms with Crippen molar-refractivity contribution in [3.63, 3.8) is 0 Å². The molecule has 0 aromatic carbocycles. The van der Waals surface area contributed by atoms with E-state index in [0.29, 0.717) is 25.6 Å². The zero-order valence-electron chi connectivity index (χ0n) is 13.6. The number of ether oxygens (including phenoxy) is 1. The Hall–Kier alpha value is -1.30. The fourth-order valence-electron chi connectivity index (χ4n) is 2.45. The molecule has 1 fully saturated rings. The Morgan fingerprint density at radius 1 is 1.19 bits per heavy atom. The van der Waals surface area contributed by atoms with Crippen LogP contribution in [0.1, 0.15) is 53.4 Å². The van der Waals surface area contributed by atoms with Crippen LogP contribution in [-0.4, -0.2) is 42.8 Å². The summed E-state index contributed by atoms with van der Waals surface area (Å²) in [6, 6.07) is 0.515. The second-order valence-electron chi connectivity index (χ2n) is 6.51. The van der Waals surface area contributed by atoms with Crippen LogP contribution >= 0.6 is 0 Å². The van der Waals surface area contributed by atoms with Gasteiger partial charge in [0.25, 0.3) is 0 Å². The summed E-state index contributed by atoms with van der Waals surface area (Å²) < 4.78 is 5.25. The lowest BCUT2D eigenvalue weighted by Crippen LogP contribution is -2.39. The van der Waals surface area contributed by atoms with Crippen LogP contribution in [0.25, 0.3) is 0 Å². The van der Waals surface area contributed by atoms with Crippen molar-refractivity contribution >= 4 is 12.0 Å². The van der Waals surface area contributed by atoms with E-state index in [1.807, 2.05) is 27.7 Å². The summed E-state index contributed by atoms with van der Waals surface area (Å²) in [5.41, 5.74) is -0.465. The van der Waals surface area contributed by atoms with Crippen LogP contribution in [0.3, 0.4) is 0 Å². The Labute approximate surface area is 127 Å². The van der Waals surface area contributed by atoms with E-state index in [-0.39, 0.29) is 18.0 Å². The van der Waals surface area contributed by atoms with Gasteiger partial charge in [0.1, 0.15) is 5.60 Å². The predicted molar refractivity (Wildman–Crippen MR) is 82.1 cm³/mol. The summed E-state index contributed by atoms with van der Waals surface area (Å²) in [5.74, 6) is 0.0754. The Kier molecular flexibility index (Phi) is 6.95. The lowest BCUT2D eigenvalue weighted by molar-refractivity contribution is -0.120. The molecular weight excluding hydrogens is 270 g/mol. The molecule has 0 aromatic rings. The molecule has 1 aliphatic rings. The third-order valence-corrected chi connectivity index (χ3v) is 3.31. The summed E-state index contributed by atoms with van der Waals surface area (Å²) in [6.07, 6.45) is 2.98. The molecule has 0 saturated heterocycles. The first kappa shape index (κ1) is 17.8. The van der Waals surface area contributed by atoms with Gasteiger partial charge in [0, 0.05) is 31.6 Å². The van der Waals surface area contributed by atoms with E-state index in [0.717, 1.165) is 19.3 Å². The van der Waals surface area contributed by atoms with Crippen molar-refractivity contribution in [2.75, 3.05) is 13.1 Å². The summed E-state index contributed by atoms with van der Waals surface area (Å²) in [6.45, 7) is 8.82. The van der Waals surface area contributed by atoms with Crippen molar-refractivity contribution in [3.8, 4) is 0 Å². The van der Waals surface area contributed by atoms with E-state index in [1.165, 1.54) is 0 Å². The van der Waals surface area contributed by atoms with Crippen molar-refractivity contribution in [2.24, 2.45) is 0 Å². The topological polar surface area (TPSA) is 79.5 Å². The SMILES string of the molecule is CCNC(=O)CCNC1CCC(NC(=O)OC(C)(C)C)C1. The van der Waals surface area contributed by atoms with Crippen LogP contribution in [0, 0.1) is 0 Å². The molecule has 1 saturated carbocycles. The lowest BCUT2D eigenvalue weighted by atomic mass is 10.2. The quantitative estimate of drug-likeness (QED) is 0.695. The van der Waals surface area contributed by atoms with Crippen LogP contribution in [-0.2, 0) is 9.53 Å². The minimum atomic E-state index is -0.465. The molecule has 2 amide bonds. The zero-order chi connectivity index (χ0) is 15.9. The normalized spacial score (nSPS) is 21.9. The van der Waals surface area contributed by atoms with Gasteiger partial charge in [0.15, 0.2) is 0 Å². The zero-order valence-corrected chi connectivity index (χ0v) is 13.6. The molecular formula is C15H29N3O3. The first-order valence-electron chi connectivity index (χ1n) is 7.79. The molecule has 3 N–H and O–H groups in total. The summed E-state index contributed by atoms with van der Waals surface area (Å²) >= 11 is 0. The monoisotopic (exact) mass is 299 g/mol. The Morgan fingerprint density at radius 2 is 1.86 bits per heavy atom. The Bertz CT molecular complexity index is 353. The molecule has 0 spiro atoms. The molecule has 2 unspecified atom stereocenters. The van der Waals surface area contributed by atoms with E-state index < -0.39 is 5.60 Å². The van der Waals surface area contributed by atoms with Gasteiger partial charge in [-0.2, -0.15) is 0 Å². The first-order valence-corrected chi connectivity index (χ1v) is 7.79. The number of hydrogen-bond donors (Lipinski definition) is 3. The van der Waals surface area contributed by atoms with E-state index >= 15 is 0 Å². The highest BCUT2D eigenvalue weighted by Gasteiger charge is 2.27. The van der Waals surface area contributed by atoms with Crippen molar-refractivity contribution in [2.45, 2.75) is 71.1 Å². The maximum Gasteiger partial charge on any atom is 0.407 e. The summed E-state index contributed by atoms with van der Waals surface area (Å²) in [5, 5.41) is 9.05. The average molecular weight is 299 g/mol. The molecule has 21 heavy (non-hydrogen) atoms. The van der Waals surface area contributed by atoms with Gasteiger partial charge in [-0.15, -0.1) is 0 Å². The third-order valence-electron chi connectivity index (χ3n) is 3.31. The molecule has 2 atom stereocenters.